The molecule has 3 rings (SSSR count). The third kappa shape index (κ3) is 5.16. The van der Waals surface area contributed by atoms with E-state index in [1.165, 1.54) is 12.8 Å². The van der Waals surface area contributed by atoms with Crippen LogP contribution in [0.3, 0.4) is 0 Å². The Balaban J connectivity index is 1.51. The lowest BCUT2D eigenvalue weighted by atomic mass is 10.00. The van der Waals surface area contributed by atoms with Crippen molar-refractivity contribution in [2.45, 2.75) is 26.2 Å². The molecule has 0 bridgehead atoms. The zero-order chi connectivity index (χ0) is 17.5. The molecule has 2 aliphatic heterocycles. The molecule has 6 nitrogen and oxygen atoms in total. The first-order valence-corrected chi connectivity index (χ1v) is 9.52. The maximum atomic E-state index is 12.6. The van der Waals surface area contributed by atoms with Crippen molar-refractivity contribution in [1.29, 1.82) is 0 Å². The lowest BCUT2D eigenvalue weighted by Crippen LogP contribution is -2.38. The molecular formula is C19H30N4O2. The molecular weight excluding hydrogens is 316 g/mol. The van der Waals surface area contributed by atoms with Crippen LogP contribution in [-0.4, -0.2) is 68.3 Å². The van der Waals surface area contributed by atoms with E-state index in [1.54, 1.807) is 6.20 Å². The van der Waals surface area contributed by atoms with E-state index in [-0.39, 0.29) is 5.91 Å². The number of anilines is 1. The fourth-order valence-corrected chi connectivity index (χ4v) is 3.63. The largest absolute Gasteiger partial charge is 0.379 e. The van der Waals surface area contributed by atoms with Gasteiger partial charge in [-0.25, -0.2) is 4.98 Å². The molecule has 3 heterocycles. The van der Waals surface area contributed by atoms with Crippen LogP contribution in [0.25, 0.3) is 0 Å². The van der Waals surface area contributed by atoms with Gasteiger partial charge in [-0.3, -0.25) is 9.69 Å². The molecule has 2 aliphatic rings. The lowest BCUT2D eigenvalue weighted by molar-refractivity contribution is 0.0374. The summed E-state index contributed by atoms with van der Waals surface area (Å²) < 4.78 is 5.36. The van der Waals surface area contributed by atoms with Gasteiger partial charge in [0, 0.05) is 38.9 Å². The van der Waals surface area contributed by atoms with Crippen molar-refractivity contribution in [2.75, 3.05) is 57.4 Å². The van der Waals surface area contributed by atoms with Crippen molar-refractivity contribution in [3.05, 3.63) is 23.9 Å². The summed E-state index contributed by atoms with van der Waals surface area (Å²) in [4.78, 5) is 21.8. The number of aromatic nitrogens is 1. The quantitative estimate of drug-likeness (QED) is 0.796. The Morgan fingerprint density at radius 2 is 2.20 bits per heavy atom. The van der Waals surface area contributed by atoms with Gasteiger partial charge in [-0.05, 0) is 43.9 Å². The van der Waals surface area contributed by atoms with E-state index >= 15 is 0 Å². The predicted molar refractivity (Wildman–Crippen MR) is 99.1 cm³/mol. The third-order valence-electron chi connectivity index (χ3n) is 5.03. The van der Waals surface area contributed by atoms with Gasteiger partial charge in [0.25, 0.3) is 5.91 Å². The van der Waals surface area contributed by atoms with Crippen molar-refractivity contribution in [1.82, 2.24) is 15.2 Å². The average Bonchev–Trinajstić information content (AvgIpc) is 2.66. The van der Waals surface area contributed by atoms with Crippen LogP contribution in [0.1, 0.15) is 36.5 Å². The minimum absolute atomic E-state index is 0.0108. The van der Waals surface area contributed by atoms with Gasteiger partial charge in [0.15, 0.2) is 0 Å². The van der Waals surface area contributed by atoms with Crippen LogP contribution in [0.5, 0.6) is 0 Å². The van der Waals surface area contributed by atoms with Crippen molar-refractivity contribution in [2.24, 2.45) is 5.92 Å². The molecule has 0 aromatic carbocycles. The summed E-state index contributed by atoms with van der Waals surface area (Å²) in [6.07, 6.45) is 5.16. The van der Waals surface area contributed by atoms with E-state index in [4.69, 9.17) is 4.74 Å². The summed E-state index contributed by atoms with van der Waals surface area (Å²) in [5, 5.41) is 3.07. The molecule has 1 aromatic rings. The summed E-state index contributed by atoms with van der Waals surface area (Å²) in [7, 11) is 0. The van der Waals surface area contributed by atoms with Crippen molar-refractivity contribution >= 4 is 11.7 Å². The number of nitrogens with one attached hydrogen (secondary N) is 1. The van der Waals surface area contributed by atoms with E-state index in [9.17, 15) is 4.79 Å². The summed E-state index contributed by atoms with van der Waals surface area (Å²) in [6, 6.07) is 3.73. The summed E-state index contributed by atoms with van der Waals surface area (Å²) in [6.45, 7) is 9.56. The number of carbonyl (C=O) groups excluding carboxylic acids is 1. The number of rotatable bonds is 6. The van der Waals surface area contributed by atoms with Crippen LogP contribution in [0, 0.1) is 5.92 Å². The standard InChI is InChI=1S/C19H30N4O2/c1-16-5-3-10-23(15-16)18-17(6-2-7-20-18)19(24)21-8-4-9-22-11-13-25-14-12-22/h2,6-7,16H,3-5,8-15H2,1H3,(H,21,24). The smallest absolute Gasteiger partial charge is 0.255 e. The second-order valence-corrected chi connectivity index (χ2v) is 7.13. The van der Waals surface area contributed by atoms with Gasteiger partial charge in [0.05, 0.1) is 18.8 Å². The van der Waals surface area contributed by atoms with Gasteiger partial charge in [0.2, 0.25) is 0 Å². The Morgan fingerprint density at radius 3 is 3.00 bits per heavy atom. The van der Waals surface area contributed by atoms with Gasteiger partial charge in [-0.1, -0.05) is 6.92 Å². The number of morpholine rings is 1. The lowest BCUT2D eigenvalue weighted by Gasteiger charge is -2.32. The highest BCUT2D eigenvalue weighted by Crippen LogP contribution is 2.24. The molecule has 1 aromatic heterocycles. The van der Waals surface area contributed by atoms with Gasteiger partial charge >= 0.3 is 0 Å². The molecule has 0 spiro atoms. The number of pyridine rings is 1. The first-order valence-electron chi connectivity index (χ1n) is 9.52. The number of nitrogens with zero attached hydrogens (tertiary/aromatic N) is 3. The first kappa shape index (κ1) is 18.1. The number of hydrogen-bond donors (Lipinski definition) is 1. The summed E-state index contributed by atoms with van der Waals surface area (Å²) in [5.41, 5.74) is 0.697. The Morgan fingerprint density at radius 1 is 1.36 bits per heavy atom. The van der Waals surface area contributed by atoms with Crippen molar-refractivity contribution in [3.63, 3.8) is 0 Å². The van der Waals surface area contributed by atoms with Gasteiger partial charge < -0.3 is 15.0 Å². The van der Waals surface area contributed by atoms with Crippen LogP contribution in [0.15, 0.2) is 18.3 Å². The molecule has 1 unspecified atom stereocenters. The minimum Gasteiger partial charge on any atom is -0.379 e. The molecule has 1 N–H and O–H groups in total. The van der Waals surface area contributed by atoms with E-state index < -0.39 is 0 Å². The SMILES string of the molecule is CC1CCCN(c2ncccc2C(=O)NCCCN2CCOCC2)C1. The molecule has 1 atom stereocenters. The predicted octanol–water partition coefficient (Wildman–Crippen LogP) is 1.77. The normalized spacial score (nSPS) is 22.0. The molecule has 0 saturated carbocycles. The fraction of sp³-hybridized carbons (Fsp3) is 0.684. The zero-order valence-corrected chi connectivity index (χ0v) is 15.2. The minimum atomic E-state index is -0.0108. The zero-order valence-electron chi connectivity index (χ0n) is 15.2. The van der Waals surface area contributed by atoms with E-state index in [0.29, 0.717) is 18.0 Å². The molecule has 25 heavy (non-hydrogen) atoms. The summed E-state index contributed by atoms with van der Waals surface area (Å²) in [5.74, 6) is 1.48. The highest BCUT2D eigenvalue weighted by molar-refractivity contribution is 5.98. The molecule has 0 aliphatic carbocycles. The maximum Gasteiger partial charge on any atom is 0.255 e. The number of amides is 1. The second-order valence-electron chi connectivity index (χ2n) is 7.13. The molecule has 6 heteroatoms. The number of ether oxygens (including phenoxy) is 1. The van der Waals surface area contributed by atoms with E-state index in [1.807, 2.05) is 12.1 Å². The molecule has 2 fully saturated rings. The molecule has 138 valence electrons. The Hall–Kier alpha value is -1.66. The molecule has 1 amide bonds. The van der Waals surface area contributed by atoms with Gasteiger partial charge in [-0.15, -0.1) is 0 Å². The van der Waals surface area contributed by atoms with Crippen LogP contribution in [0.2, 0.25) is 0 Å². The Bertz CT molecular complexity index is 560. The second kappa shape index (κ2) is 9.15. The highest BCUT2D eigenvalue weighted by atomic mass is 16.5. The Labute approximate surface area is 150 Å². The first-order chi connectivity index (χ1) is 12.2. The number of carbonyl (C=O) groups is 1. The average molecular weight is 346 g/mol. The van der Waals surface area contributed by atoms with Crippen LogP contribution in [0.4, 0.5) is 5.82 Å². The Kier molecular flexibility index (Phi) is 6.64. The van der Waals surface area contributed by atoms with Gasteiger partial charge in [-0.2, -0.15) is 0 Å². The van der Waals surface area contributed by atoms with Crippen molar-refractivity contribution < 1.29 is 9.53 Å². The number of piperidine rings is 1. The van der Waals surface area contributed by atoms with E-state index in [0.717, 1.165) is 58.2 Å². The van der Waals surface area contributed by atoms with Crippen LogP contribution < -0.4 is 10.2 Å². The van der Waals surface area contributed by atoms with Crippen molar-refractivity contribution in [3.8, 4) is 0 Å². The monoisotopic (exact) mass is 346 g/mol. The number of hydrogen-bond acceptors (Lipinski definition) is 5. The fourth-order valence-electron chi connectivity index (χ4n) is 3.63. The van der Waals surface area contributed by atoms with Gasteiger partial charge in [0.1, 0.15) is 5.82 Å². The van der Waals surface area contributed by atoms with Crippen LogP contribution >= 0.6 is 0 Å². The molecule has 0 radical (unpaired) electrons. The highest BCUT2D eigenvalue weighted by Gasteiger charge is 2.22. The van der Waals surface area contributed by atoms with E-state index in [2.05, 4.69) is 27.0 Å². The van der Waals surface area contributed by atoms with Crippen LogP contribution in [-0.2, 0) is 4.74 Å². The summed E-state index contributed by atoms with van der Waals surface area (Å²) >= 11 is 0. The molecule has 2 saturated heterocycles. The third-order valence-corrected chi connectivity index (χ3v) is 5.03. The maximum absolute atomic E-state index is 12.6. The topological polar surface area (TPSA) is 57.7 Å².